The highest BCUT2D eigenvalue weighted by Crippen LogP contribution is 2.47. The van der Waals surface area contributed by atoms with Gasteiger partial charge in [0.25, 0.3) is 0 Å². The molecule has 2 aromatic heterocycles. The molecule has 3 aromatic rings. The standard InChI is InChI=1S/C19H18FN3O/c20-16-5-3-14(4-6-16)18-17(13-7-9-21-10-8-13)19(15-1-2-15)23(22-18)11-12-24/h3-10,15,24H,1-2,11-12H2. The average molecular weight is 323 g/mol. The molecule has 4 rings (SSSR count). The summed E-state index contributed by atoms with van der Waals surface area (Å²) in [5.41, 5.74) is 4.99. The van der Waals surface area contributed by atoms with Crippen LogP contribution in [0.15, 0.2) is 48.8 Å². The Morgan fingerprint density at radius 2 is 1.75 bits per heavy atom. The molecule has 0 spiro atoms. The van der Waals surface area contributed by atoms with E-state index in [0.29, 0.717) is 12.5 Å². The summed E-state index contributed by atoms with van der Waals surface area (Å²) < 4.78 is 15.2. The number of halogens is 1. The molecule has 0 saturated heterocycles. The molecule has 1 saturated carbocycles. The fourth-order valence-corrected chi connectivity index (χ4v) is 3.12. The molecule has 24 heavy (non-hydrogen) atoms. The summed E-state index contributed by atoms with van der Waals surface area (Å²) >= 11 is 0. The van der Waals surface area contributed by atoms with Crippen molar-refractivity contribution in [1.82, 2.24) is 14.8 Å². The monoisotopic (exact) mass is 323 g/mol. The molecule has 0 bridgehead atoms. The van der Waals surface area contributed by atoms with E-state index in [1.807, 2.05) is 16.8 Å². The lowest BCUT2D eigenvalue weighted by Gasteiger charge is -2.08. The smallest absolute Gasteiger partial charge is 0.123 e. The predicted molar refractivity (Wildman–Crippen MR) is 89.9 cm³/mol. The van der Waals surface area contributed by atoms with E-state index in [2.05, 4.69) is 4.98 Å². The van der Waals surface area contributed by atoms with Crippen LogP contribution in [0.4, 0.5) is 4.39 Å². The van der Waals surface area contributed by atoms with E-state index in [1.54, 1.807) is 24.5 Å². The summed E-state index contributed by atoms with van der Waals surface area (Å²) in [6, 6.07) is 10.4. The summed E-state index contributed by atoms with van der Waals surface area (Å²) in [6.45, 7) is 0.505. The molecular formula is C19H18FN3O. The number of aromatic nitrogens is 3. The van der Waals surface area contributed by atoms with Crippen molar-refractivity contribution in [2.45, 2.75) is 25.3 Å². The van der Waals surface area contributed by atoms with Crippen molar-refractivity contribution in [3.05, 3.63) is 60.3 Å². The zero-order valence-corrected chi connectivity index (χ0v) is 13.2. The number of hydrogen-bond acceptors (Lipinski definition) is 3. The molecule has 1 aromatic carbocycles. The average Bonchev–Trinajstić information content (AvgIpc) is 3.38. The highest BCUT2D eigenvalue weighted by molar-refractivity contribution is 5.83. The SMILES string of the molecule is OCCn1nc(-c2ccc(F)cc2)c(-c2ccncc2)c1C1CC1. The third-order valence-corrected chi connectivity index (χ3v) is 4.35. The molecule has 0 amide bonds. The van der Waals surface area contributed by atoms with Crippen LogP contribution in [0.2, 0.25) is 0 Å². The number of rotatable bonds is 5. The summed E-state index contributed by atoms with van der Waals surface area (Å²) in [4.78, 5) is 4.10. The van der Waals surface area contributed by atoms with Crippen LogP contribution >= 0.6 is 0 Å². The first-order chi connectivity index (χ1) is 11.8. The van der Waals surface area contributed by atoms with E-state index in [4.69, 9.17) is 5.10 Å². The fourth-order valence-electron chi connectivity index (χ4n) is 3.12. The van der Waals surface area contributed by atoms with Crippen LogP contribution in [0, 0.1) is 5.82 Å². The normalized spacial score (nSPS) is 14.1. The van der Waals surface area contributed by atoms with Gasteiger partial charge in [-0.15, -0.1) is 0 Å². The quantitative estimate of drug-likeness (QED) is 0.780. The Morgan fingerprint density at radius 1 is 1.04 bits per heavy atom. The molecule has 4 nitrogen and oxygen atoms in total. The van der Waals surface area contributed by atoms with Crippen molar-refractivity contribution < 1.29 is 9.50 Å². The first-order valence-corrected chi connectivity index (χ1v) is 8.16. The maximum Gasteiger partial charge on any atom is 0.123 e. The maximum absolute atomic E-state index is 13.3. The van der Waals surface area contributed by atoms with Gasteiger partial charge in [-0.1, -0.05) is 0 Å². The lowest BCUT2D eigenvalue weighted by Crippen LogP contribution is -2.07. The zero-order valence-electron chi connectivity index (χ0n) is 13.2. The van der Waals surface area contributed by atoms with Crippen LogP contribution in [0.3, 0.4) is 0 Å². The lowest BCUT2D eigenvalue weighted by atomic mass is 9.98. The Kier molecular flexibility index (Phi) is 3.86. The zero-order chi connectivity index (χ0) is 16.5. The van der Waals surface area contributed by atoms with Gasteiger partial charge < -0.3 is 5.11 Å². The van der Waals surface area contributed by atoms with Crippen molar-refractivity contribution >= 4 is 0 Å². The minimum atomic E-state index is -0.263. The van der Waals surface area contributed by atoms with E-state index in [1.165, 1.54) is 12.1 Å². The second-order valence-corrected chi connectivity index (χ2v) is 6.07. The maximum atomic E-state index is 13.3. The number of pyridine rings is 1. The first-order valence-electron chi connectivity index (χ1n) is 8.16. The Hall–Kier alpha value is -2.53. The molecule has 5 heteroatoms. The van der Waals surface area contributed by atoms with E-state index in [-0.39, 0.29) is 12.4 Å². The Labute approximate surface area is 139 Å². The van der Waals surface area contributed by atoms with Crippen LogP contribution in [-0.4, -0.2) is 26.5 Å². The van der Waals surface area contributed by atoms with Gasteiger partial charge >= 0.3 is 0 Å². The summed E-state index contributed by atoms with van der Waals surface area (Å²) in [5.74, 6) is 0.211. The van der Waals surface area contributed by atoms with Crippen LogP contribution in [0.25, 0.3) is 22.4 Å². The lowest BCUT2D eigenvalue weighted by molar-refractivity contribution is 0.267. The second-order valence-electron chi connectivity index (χ2n) is 6.07. The Morgan fingerprint density at radius 3 is 2.38 bits per heavy atom. The van der Waals surface area contributed by atoms with E-state index < -0.39 is 0 Å². The van der Waals surface area contributed by atoms with Gasteiger partial charge in [0.1, 0.15) is 11.5 Å². The highest BCUT2D eigenvalue weighted by atomic mass is 19.1. The highest BCUT2D eigenvalue weighted by Gasteiger charge is 2.33. The minimum Gasteiger partial charge on any atom is -0.394 e. The van der Waals surface area contributed by atoms with E-state index in [0.717, 1.165) is 40.9 Å². The molecule has 1 N–H and O–H groups in total. The van der Waals surface area contributed by atoms with Gasteiger partial charge in [-0.2, -0.15) is 5.10 Å². The molecular weight excluding hydrogens is 305 g/mol. The van der Waals surface area contributed by atoms with Crippen molar-refractivity contribution in [2.75, 3.05) is 6.61 Å². The van der Waals surface area contributed by atoms with Gasteiger partial charge in [0.2, 0.25) is 0 Å². The number of aliphatic hydroxyl groups is 1. The van der Waals surface area contributed by atoms with Crippen molar-refractivity contribution in [3.63, 3.8) is 0 Å². The molecule has 1 aliphatic rings. The third-order valence-electron chi connectivity index (χ3n) is 4.35. The second kappa shape index (κ2) is 6.17. The topological polar surface area (TPSA) is 50.9 Å². The minimum absolute atomic E-state index is 0.0417. The third kappa shape index (κ3) is 2.71. The van der Waals surface area contributed by atoms with Crippen LogP contribution in [0.5, 0.6) is 0 Å². The van der Waals surface area contributed by atoms with Crippen molar-refractivity contribution in [2.24, 2.45) is 0 Å². The van der Waals surface area contributed by atoms with Gasteiger partial charge in [-0.25, -0.2) is 4.39 Å². The van der Waals surface area contributed by atoms with E-state index in [9.17, 15) is 9.50 Å². The summed E-state index contributed by atoms with van der Waals surface area (Å²) in [7, 11) is 0. The first kappa shape index (κ1) is 15.0. The molecule has 1 fully saturated rings. The Balaban J connectivity index is 1.94. The van der Waals surface area contributed by atoms with Gasteiger partial charge in [0.15, 0.2) is 0 Å². The van der Waals surface area contributed by atoms with Crippen LogP contribution in [0.1, 0.15) is 24.5 Å². The fraction of sp³-hybridized carbons (Fsp3) is 0.263. The number of benzene rings is 1. The van der Waals surface area contributed by atoms with Gasteiger partial charge in [-0.05, 0) is 54.8 Å². The van der Waals surface area contributed by atoms with Gasteiger partial charge in [-0.3, -0.25) is 9.67 Å². The van der Waals surface area contributed by atoms with Crippen LogP contribution < -0.4 is 0 Å². The molecule has 1 aliphatic carbocycles. The van der Waals surface area contributed by atoms with Gasteiger partial charge in [0, 0.05) is 29.4 Å². The Bertz CT molecular complexity index is 839. The number of hydrogen-bond donors (Lipinski definition) is 1. The van der Waals surface area contributed by atoms with E-state index >= 15 is 0 Å². The largest absolute Gasteiger partial charge is 0.394 e. The number of aliphatic hydroxyl groups excluding tert-OH is 1. The summed E-state index contributed by atoms with van der Waals surface area (Å²) in [6.07, 6.45) is 5.81. The van der Waals surface area contributed by atoms with Gasteiger partial charge in [0.05, 0.1) is 18.8 Å². The van der Waals surface area contributed by atoms with Crippen molar-refractivity contribution in [3.8, 4) is 22.4 Å². The molecule has 0 atom stereocenters. The number of nitrogens with zero attached hydrogens (tertiary/aromatic N) is 3. The summed E-state index contributed by atoms with van der Waals surface area (Å²) in [5, 5.41) is 14.2. The molecule has 0 radical (unpaired) electrons. The molecule has 0 unspecified atom stereocenters. The molecule has 0 aliphatic heterocycles. The van der Waals surface area contributed by atoms with Crippen molar-refractivity contribution in [1.29, 1.82) is 0 Å². The van der Waals surface area contributed by atoms with Crippen LogP contribution in [-0.2, 0) is 6.54 Å². The predicted octanol–water partition coefficient (Wildman–Crippen LogP) is 3.62. The molecule has 2 heterocycles. The molecule has 122 valence electrons.